The molecule has 2 atom stereocenters. The molecule has 0 spiro atoms. The molecule has 0 aliphatic heterocycles. The minimum Gasteiger partial charge on any atom is -0.289 e. The second-order valence-electron chi connectivity index (χ2n) is 5.55. The lowest BCUT2D eigenvalue weighted by Gasteiger charge is -2.20. The van der Waals surface area contributed by atoms with Gasteiger partial charge in [0.05, 0.1) is 17.8 Å². The van der Waals surface area contributed by atoms with Gasteiger partial charge in [-0.15, -0.1) is 0 Å². The van der Waals surface area contributed by atoms with Gasteiger partial charge in [-0.3, -0.25) is 20.0 Å². The third kappa shape index (κ3) is 2.85. The van der Waals surface area contributed by atoms with Crippen molar-refractivity contribution in [2.45, 2.75) is 19.3 Å². The minimum atomic E-state index is -0.586. The molecular weight excluding hydrogens is 297 g/mol. The molecule has 0 saturated heterocycles. The van der Waals surface area contributed by atoms with Gasteiger partial charge in [0.15, 0.2) is 0 Å². The summed E-state index contributed by atoms with van der Waals surface area (Å²) in [7, 11) is 0. The molecule has 23 heavy (non-hydrogen) atoms. The van der Waals surface area contributed by atoms with Gasteiger partial charge in [0.25, 0.3) is 5.91 Å². The molecule has 0 fully saturated rings. The Bertz CT molecular complexity index is 762. The first-order chi connectivity index (χ1) is 11.1. The van der Waals surface area contributed by atoms with Crippen LogP contribution in [0.4, 0.5) is 4.39 Å². The molecule has 1 aromatic heterocycles. The number of allylic oxidation sites excluding steroid dienone is 1. The van der Waals surface area contributed by atoms with Gasteiger partial charge in [0, 0.05) is 18.3 Å². The van der Waals surface area contributed by atoms with E-state index in [1.807, 2.05) is 6.07 Å². The van der Waals surface area contributed by atoms with Gasteiger partial charge in [-0.2, -0.15) is 0 Å². The third-order valence-corrected chi connectivity index (χ3v) is 4.27. The van der Waals surface area contributed by atoms with E-state index in [2.05, 4.69) is 9.97 Å². The number of hydroxylamine groups is 1. The Hall–Kier alpha value is -2.60. The monoisotopic (exact) mass is 313 g/mol. The van der Waals surface area contributed by atoms with Crippen molar-refractivity contribution in [1.29, 1.82) is 0 Å². The number of benzene rings is 1. The van der Waals surface area contributed by atoms with Crippen molar-refractivity contribution >= 4 is 11.5 Å². The Morgan fingerprint density at radius 2 is 2.22 bits per heavy atom. The normalized spacial score (nSPS) is 20.2. The Balaban J connectivity index is 2.01. The maximum absolute atomic E-state index is 13.9. The summed E-state index contributed by atoms with van der Waals surface area (Å²) in [5, 5.41) is 9.01. The standard InChI is InChI=1S/C17H16FN3O2/c1-10-12(3-2-4-15(10)18)13-7-11(8-14(13)17(22)21-23)16-9-19-5-6-20-16/h2-6,8-9,13-14,23H,7H2,1H3,(H,21,22). The molecule has 1 aliphatic rings. The summed E-state index contributed by atoms with van der Waals surface area (Å²) in [6.07, 6.45) is 7.08. The van der Waals surface area contributed by atoms with Gasteiger partial charge in [-0.25, -0.2) is 9.87 Å². The topological polar surface area (TPSA) is 75.1 Å². The van der Waals surface area contributed by atoms with E-state index in [1.54, 1.807) is 43.1 Å². The van der Waals surface area contributed by atoms with Crippen LogP contribution >= 0.6 is 0 Å². The fraction of sp³-hybridized carbons (Fsp3) is 0.235. The first-order valence-electron chi connectivity index (χ1n) is 7.28. The van der Waals surface area contributed by atoms with Crippen molar-refractivity contribution in [3.63, 3.8) is 0 Å². The number of carbonyl (C=O) groups is 1. The van der Waals surface area contributed by atoms with E-state index in [0.717, 1.165) is 11.1 Å². The van der Waals surface area contributed by atoms with Crippen molar-refractivity contribution in [2.24, 2.45) is 5.92 Å². The molecule has 3 rings (SSSR count). The van der Waals surface area contributed by atoms with Crippen LogP contribution in [0, 0.1) is 18.7 Å². The molecule has 0 saturated carbocycles. The summed E-state index contributed by atoms with van der Waals surface area (Å²) in [5.41, 5.74) is 4.52. The molecule has 1 aliphatic carbocycles. The Labute approximate surface area is 132 Å². The lowest BCUT2D eigenvalue weighted by Crippen LogP contribution is -2.29. The van der Waals surface area contributed by atoms with Crippen LogP contribution in [0.15, 0.2) is 42.9 Å². The summed E-state index contributed by atoms with van der Waals surface area (Å²) in [6.45, 7) is 1.69. The average Bonchev–Trinajstić information content (AvgIpc) is 3.02. The molecule has 0 radical (unpaired) electrons. The maximum atomic E-state index is 13.9. The van der Waals surface area contributed by atoms with Crippen LogP contribution in [0.25, 0.3) is 5.57 Å². The first-order valence-corrected chi connectivity index (χ1v) is 7.28. The molecule has 1 aromatic carbocycles. The molecule has 0 bridgehead atoms. The second kappa shape index (κ2) is 6.26. The summed E-state index contributed by atoms with van der Waals surface area (Å²) in [4.78, 5) is 20.3. The van der Waals surface area contributed by atoms with Gasteiger partial charge in [-0.05, 0) is 36.1 Å². The number of hydrogen-bond donors (Lipinski definition) is 2. The second-order valence-corrected chi connectivity index (χ2v) is 5.55. The highest BCUT2D eigenvalue weighted by molar-refractivity contribution is 5.85. The molecule has 2 N–H and O–H groups in total. The fourth-order valence-corrected chi connectivity index (χ4v) is 3.08. The van der Waals surface area contributed by atoms with E-state index in [9.17, 15) is 9.18 Å². The Morgan fingerprint density at radius 3 is 2.91 bits per heavy atom. The lowest BCUT2D eigenvalue weighted by molar-refractivity contribution is -0.132. The van der Waals surface area contributed by atoms with Crippen LogP contribution in [0.5, 0.6) is 0 Å². The van der Waals surface area contributed by atoms with Crippen molar-refractivity contribution in [3.8, 4) is 0 Å². The number of nitrogens with zero attached hydrogens (tertiary/aromatic N) is 2. The van der Waals surface area contributed by atoms with Crippen LogP contribution < -0.4 is 5.48 Å². The zero-order chi connectivity index (χ0) is 16.4. The fourth-order valence-electron chi connectivity index (χ4n) is 3.08. The molecular formula is C17H16FN3O2. The molecule has 2 aromatic rings. The van der Waals surface area contributed by atoms with E-state index < -0.39 is 11.8 Å². The van der Waals surface area contributed by atoms with Gasteiger partial charge < -0.3 is 0 Å². The van der Waals surface area contributed by atoms with Crippen molar-refractivity contribution < 1.29 is 14.4 Å². The van der Waals surface area contributed by atoms with Crippen molar-refractivity contribution in [2.75, 3.05) is 0 Å². The predicted octanol–water partition coefficient (Wildman–Crippen LogP) is 2.62. The van der Waals surface area contributed by atoms with Crippen LogP contribution in [-0.2, 0) is 4.79 Å². The van der Waals surface area contributed by atoms with Gasteiger partial charge >= 0.3 is 0 Å². The summed E-state index contributed by atoms with van der Waals surface area (Å²) in [5.74, 6) is -1.66. The highest BCUT2D eigenvalue weighted by Crippen LogP contribution is 2.43. The number of rotatable bonds is 3. The highest BCUT2D eigenvalue weighted by atomic mass is 19.1. The van der Waals surface area contributed by atoms with Crippen LogP contribution in [-0.4, -0.2) is 21.1 Å². The number of hydrogen-bond acceptors (Lipinski definition) is 4. The minimum absolute atomic E-state index is 0.255. The molecule has 1 amide bonds. The van der Waals surface area contributed by atoms with Crippen LogP contribution in [0.3, 0.4) is 0 Å². The molecule has 6 heteroatoms. The van der Waals surface area contributed by atoms with Gasteiger partial charge in [0.2, 0.25) is 0 Å². The van der Waals surface area contributed by atoms with E-state index in [4.69, 9.17) is 5.21 Å². The number of carbonyl (C=O) groups excluding carboxylic acids is 1. The number of nitrogens with one attached hydrogen (secondary N) is 1. The molecule has 5 nitrogen and oxygen atoms in total. The molecule has 2 unspecified atom stereocenters. The van der Waals surface area contributed by atoms with Crippen LogP contribution in [0.2, 0.25) is 0 Å². The smallest absolute Gasteiger partial charge is 0.250 e. The number of aromatic nitrogens is 2. The summed E-state index contributed by atoms with van der Waals surface area (Å²) < 4.78 is 13.9. The number of halogens is 1. The quantitative estimate of drug-likeness (QED) is 0.675. The lowest BCUT2D eigenvalue weighted by atomic mass is 9.85. The molecule has 1 heterocycles. The Morgan fingerprint density at radius 1 is 1.39 bits per heavy atom. The Kier molecular flexibility index (Phi) is 4.16. The van der Waals surface area contributed by atoms with E-state index in [-0.39, 0.29) is 11.7 Å². The summed E-state index contributed by atoms with van der Waals surface area (Å²) >= 11 is 0. The van der Waals surface area contributed by atoms with Gasteiger partial charge in [-0.1, -0.05) is 18.2 Å². The van der Waals surface area contributed by atoms with Crippen molar-refractivity contribution in [3.05, 3.63) is 65.5 Å². The predicted molar refractivity (Wildman–Crippen MR) is 81.9 cm³/mol. The highest BCUT2D eigenvalue weighted by Gasteiger charge is 2.35. The third-order valence-electron chi connectivity index (χ3n) is 4.27. The largest absolute Gasteiger partial charge is 0.289 e. The average molecular weight is 313 g/mol. The van der Waals surface area contributed by atoms with E-state index in [1.165, 1.54) is 6.07 Å². The van der Waals surface area contributed by atoms with Crippen LogP contribution in [0.1, 0.15) is 29.2 Å². The van der Waals surface area contributed by atoms with E-state index in [0.29, 0.717) is 17.7 Å². The van der Waals surface area contributed by atoms with E-state index >= 15 is 0 Å². The number of amides is 1. The molecule has 118 valence electrons. The first kappa shape index (κ1) is 15.3. The summed E-state index contributed by atoms with van der Waals surface area (Å²) in [6, 6.07) is 4.84. The SMILES string of the molecule is Cc1c(F)cccc1C1CC(c2cnccn2)=CC1C(=O)NO. The zero-order valence-corrected chi connectivity index (χ0v) is 12.5. The van der Waals surface area contributed by atoms with Crippen molar-refractivity contribution in [1.82, 2.24) is 15.4 Å². The maximum Gasteiger partial charge on any atom is 0.250 e. The zero-order valence-electron chi connectivity index (χ0n) is 12.5. The van der Waals surface area contributed by atoms with Gasteiger partial charge in [0.1, 0.15) is 5.82 Å².